The fourth-order valence-corrected chi connectivity index (χ4v) is 12.6. The maximum Gasteiger partial charge on any atom is 0.329 e. The standard InChI is InChI=1S/C55H61ClF4N8O8/c1-30-42-40(27-38(58)46(56)45(42)44-35(50(61)71)8-9-39(47(44)59)75-25-24-69)76-55(30,33-6-4-3-5-7-33)29-62-34-10-17-54(74,18-11-34)52(72)67-21-12-31(13-22-67)28-66-19-14-32(15-20-66)43-37(57)26-36-49(48(43)60)65(2)64-51(36)68-23-16-41(70)63-53(68)73/h3-9,26-27,30-32,34,62,69,74H,10-25,28-29H2,1-2H3,(H2,61,71)(H,63,70,73). The van der Waals surface area contributed by atoms with Gasteiger partial charge in [0.15, 0.2) is 28.8 Å². The monoisotopic (exact) mass is 1070 g/mol. The van der Waals surface area contributed by atoms with Gasteiger partial charge in [0.05, 0.1) is 22.6 Å². The van der Waals surface area contributed by atoms with Crippen LogP contribution in [-0.2, 0) is 22.2 Å². The number of nitrogens with zero attached hydrogens (tertiary/aromatic N) is 5. The van der Waals surface area contributed by atoms with E-state index >= 15 is 17.6 Å². The number of nitrogens with two attached hydrogens (primary N) is 1. The molecule has 5 amide bonds. The highest BCUT2D eigenvalue weighted by Crippen LogP contribution is 2.57. The van der Waals surface area contributed by atoms with Gasteiger partial charge < -0.3 is 40.5 Å². The van der Waals surface area contributed by atoms with E-state index in [1.807, 2.05) is 37.3 Å². The number of nitrogens with one attached hydrogen (secondary N) is 2. The molecular weight excluding hydrogens is 1010 g/mol. The van der Waals surface area contributed by atoms with Gasteiger partial charge in [0.1, 0.15) is 35.1 Å². The van der Waals surface area contributed by atoms with E-state index in [9.17, 15) is 29.4 Å². The number of ether oxygens (including phenoxy) is 2. The van der Waals surface area contributed by atoms with Crippen molar-refractivity contribution in [2.45, 2.75) is 93.8 Å². The Labute approximate surface area is 441 Å². The Bertz CT molecular complexity index is 3090. The molecule has 4 aliphatic heterocycles. The molecule has 21 heteroatoms. The van der Waals surface area contributed by atoms with Gasteiger partial charge in [-0.15, -0.1) is 0 Å². The zero-order valence-electron chi connectivity index (χ0n) is 42.3. The number of fused-ring (bicyclic) bond motifs is 2. The van der Waals surface area contributed by atoms with Gasteiger partial charge in [-0.1, -0.05) is 48.9 Å². The highest BCUT2D eigenvalue weighted by molar-refractivity contribution is 6.34. The average Bonchev–Trinajstić information content (AvgIpc) is 3.94. The number of carbonyl (C=O) groups excluding carboxylic acids is 4. The Morgan fingerprint density at radius 2 is 1.63 bits per heavy atom. The van der Waals surface area contributed by atoms with Crippen LogP contribution in [0.4, 0.5) is 28.2 Å². The fraction of sp³-hybridized carbons (Fsp3) is 0.473. The first-order valence-electron chi connectivity index (χ1n) is 26.0. The van der Waals surface area contributed by atoms with Crippen molar-refractivity contribution in [1.82, 2.24) is 30.2 Å². The van der Waals surface area contributed by atoms with Gasteiger partial charge in [-0.05, 0) is 100 Å². The lowest BCUT2D eigenvalue weighted by atomic mass is 9.76. The molecule has 0 radical (unpaired) electrons. The van der Waals surface area contributed by atoms with Crippen LogP contribution in [0, 0.1) is 29.2 Å². The Morgan fingerprint density at radius 3 is 2.30 bits per heavy atom. The summed E-state index contributed by atoms with van der Waals surface area (Å²) in [7, 11) is 1.54. The van der Waals surface area contributed by atoms with Gasteiger partial charge in [-0.3, -0.25) is 29.3 Å². The van der Waals surface area contributed by atoms with Gasteiger partial charge in [-0.25, -0.2) is 22.4 Å². The summed E-state index contributed by atoms with van der Waals surface area (Å²) < 4.78 is 78.0. The van der Waals surface area contributed by atoms with Crippen molar-refractivity contribution >= 4 is 52.1 Å². The minimum atomic E-state index is -1.55. The quantitative estimate of drug-likeness (QED) is 0.0708. The number of carbonyl (C=O) groups is 4. The van der Waals surface area contributed by atoms with Gasteiger partial charge in [-0.2, -0.15) is 5.10 Å². The number of imide groups is 1. The van der Waals surface area contributed by atoms with E-state index in [-0.39, 0.29) is 107 Å². The largest absolute Gasteiger partial charge is 0.488 e. The maximum absolute atomic E-state index is 16.5. The molecule has 16 nitrogen and oxygen atoms in total. The summed E-state index contributed by atoms with van der Waals surface area (Å²) in [6, 6.07) is 13.3. The first-order valence-corrected chi connectivity index (χ1v) is 26.4. The van der Waals surface area contributed by atoms with E-state index in [4.69, 9.17) is 26.8 Å². The summed E-state index contributed by atoms with van der Waals surface area (Å²) in [5.41, 5.74) is 3.47. The normalized spacial score (nSPS) is 23.7. The van der Waals surface area contributed by atoms with E-state index < -0.39 is 69.9 Å². The lowest BCUT2D eigenvalue weighted by Gasteiger charge is -2.42. The van der Waals surface area contributed by atoms with Crippen LogP contribution in [0.1, 0.15) is 104 Å². The predicted molar refractivity (Wildman–Crippen MR) is 274 cm³/mol. The first-order chi connectivity index (χ1) is 36.4. The van der Waals surface area contributed by atoms with Crippen LogP contribution < -0.4 is 30.7 Å². The number of benzene rings is 4. The Kier molecular flexibility index (Phi) is 14.8. The number of aliphatic hydroxyl groups excluding tert-OH is 1. The number of amides is 5. The van der Waals surface area contributed by atoms with Crippen LogP contribution in [0.3, 0.4) is 0 Å². The molecular formula is C55H61ClF4N8O8. The van der Waals surface area contributed by atoms with E-state index in [1.54, 1.807) is 11.9 Å². The SMILES string of the molecule is CC1c2c(cc(F)c(Cl)c2-c2c(C(N)=O)ccc(OCCO)c2F)OC1(CNC1CCC(O)(C(=O)N2CCC(CN3CCC(c4c(F)cc5c(N6CCC(=O)NC6=O)nn(C)c5c4F)CC3)CC2)CC1)c1ccccc1. The number of aryl methyl sites for hydroxylation is 1. The summed E-state index contributed by atoms with van der Waals surface area (Å²) in [4.78, 5) is 56.4. The highest BCUT2D eigenvalue weighted by Gasteiger charge is 2.51. The molecule has 10 rings (SSSR count). The number of hydrogen-bond acceptors (Lipinski definition) is 11. The van der Waals surface area contributed by atoms with Crippen molar-refractivity contribution in [3.8, 4) is 22.6 Å². The van der Waals surface area contributed by atoms with Crippen molar-refractivity contribution < 1.29 is 56.4 Å². The van der Waals surface area contributed by atoms with Crippen molar-refractivity contribution in [1.29, 1.82) is 0 Å². The summed E-state index contributed by atoms with van der Waals surface area (Å²) >= 11 is 6.71. The van der Waals surface area contributed by atoms with Crippen molar-refractivity contribution in [2.75, 3.05) is 63.9 Å². The molecule has 0 spiro atoms. The predicted octanol–water partition coefficient (Wildman–Crippen LogP) is 7.14. The molecule has 1 aromatic heterocycles. The molecule has 4 aromatic carbocycles. The molecule has 4 fully saturated rings. The molecule has 76 heavy (non-hydrogen) atoms. The molecule has 5 aromatic rings. The molecule has 5 aliphatic rings. The number of halogens is 5. The Hall–Kier alpha value is -6.32. The molecule has 404 valence electrons. The topological polar surface area (TPSA) is 205 Å². The Balaban J connectivity index is 0.751. The third-order valence-corrected chi connectivity index (χ3v) is 16.9. The second kappa shape index (κ2) is 21.2. The number of likely N-dealkylation sites (tertiary alicyclic amines) is 2. The van der Waals surface area contributed by atoms with Crippen LogP contribution in [0.25, 0.3) is 22.0 Å². The molecule has 1 saturated carbocycles. The molecule has 1 aliphatic carbocycles. The van der Waals surface area contributed by atoms with Crippen LogP contribution in [0.15, 0.2) is 54.6 Å². The first kappa shape index (κ1) is 53.1. The lowest BCUT2D eigenvalue weighted by molar-refractivity contribution is -0.156. The molecule has 3 saturated heterocycles. The highest BCUT2D eigenvalue weighted by atomic mass is 35.5. The average molecular weight is 1070 g/mol. The minimum absolute atomic E-state index is 0.0125. The third-order valence-electron chi connectivity index (χ3n) is 16.5. The smallest absolute Gasteiger partial charge is 0.329 e. The summed E-state index contributed by atoms with van der Waals surface area (Å²) in [6.45, 7) is 4.48. The second-order valence-corrected chi connectivity index (χ2v) is 21.3. The molecule has 5 heterocycles. The number of aliphatic hydroxyl groups is 2. The van der Waals surface area contributed by atoms with E-state index in [2.05, 4.69) is 20.6 Å². The summed E-state index contributed by atoms with van der Waals surface area (Å²) in [6.07, 6.45) is 3.99. The van der Waals surface area contributed by atoms with E-state index in [1.165, 1.54) is 27.8 Å². The zero-order chi connectivity index (χ0) is 53.8. The summed E-state index contributed by atoms with van der Waals surface area (Å²) in [5, 5.41) is 31.2. The van der Waals surface area contributed by atoms with Gasteiger partial charge in [0.25, 0.3) is 5.91 Å². The summed E-state index contributed by atoms with van der Waals surface area (Å²) in [5.74, 6) is -5.80. The fourth-order valence-electron chi connectivity index (χ4n) is 12.4. The van der Waals surface area contributed by atoms with Crippen LogP contribution in [0.2, 0.25) is 5.02 Å². The molecule has 6 N–H and O–H groups in total. The van der Waals surface area contributed by atoms with Crippen molar-refractivity contribution in [3.05, 3.63) is 105 Å². The number of piperidine rings is 2. The van der Waals surface area contributed by atoms with Crippen LogP contribution >= 0.6 is 11.6 Å². The second-order valence-electron chi connectivity index (χ2n) is 21.0. The number of urea groups is 1. The number of aromatic nitrogens is 2. The number of anilines is 1. The van der Waals surface area contributed by atoms with Gasteiger partial charge >= 0.3 is 6.03 Å². The van der Waals surface area contributed by atoms with Crippen molar-refractivity contribution in [2.24, 2.45) is 18.7 Å². The van der Waals surface area contributed by atoms with Gasteiger partial charge in [0.2, 0.25) is 11.8 Å². The number of primary amides is 1. The van der Waals surface area contributed by atoms with Crippen molar-refractivity contribution in [3.63, 3.8) is 0 Å². The third kappa shape index (κ3) is 9.64. The minimum Gasteiger partial charge on any atom is -0.488 e. The molecule has 0 bridgehead atoms. The van der Waals surface area contributed by atoms with Crippen LogP contribution in [-0.4, -0.2) is 124 Å². The van der Waals surface area contributed by atoms with E-state index in [0.29, 0.717) is 63.3 Å². The maximum atomic E-state index is 16.5. The van der Waals surface area contributed by atoms with E-state index in [0.717, 1.165) is 31.0 Å². The zero-order valence-corrected chi connectivity index (χ0v) is 43.0. The molecule has 2 atom stereocenters. The molecule has 2 unspecified atom stereocenters. The van der Waals surface area contributed by atoms with Gasteiger partial charge in [0, 0.05) is 86.5 Å². The lowest BCUT2D eigenvalue weighted by Crippen LogP contribution is -2.55. The number of rotatable bonds is 14. The Morgan fingerprint density at radius 1 is 0.921 bits per heavy atom. The number of hydrogen-bond donors (Lipinski definition) is 5. The van der Waals surface area contributed by atoms with Crippen LogP contribution in [0.5, 0.6) is 11.5 Å².